The molecule has 0 aliphatic heterocycles. The number of benzene rings is 1. The van der Waals surface area contributed by atoms with Crippen molar-refractivity contribution in [2.45, 2.75) is 33.2 Å². The van der Waals surface area contributed by atoms with Gasteiger partial charge in [0.25, 0.3) is 5.56 Å². The molecule has 0 amide bonds. The quantitative estimate of drug-likeness (QED) is 0.919. The third-order valence-electron chi connectivity index (χ3n) is 3.58. The van der Waals surface area contributed by atoms with Crippen LogP contribution in [-0.4, -0.2) is 9.36 Å². The summed E-state index contributed by atoms with van der Waals surface area (Å²) in [6.45, 7) is 6.70. The second-order valence-electron chi connectivity index (χ2n) is 5.27. The van der Waals surface area contributed by atoms with Crippen molar-refractivity contribution in [1.29, 1.82) is 0 Å². The number of anilines is 1. The number of hydrogen-bond acceptors (Lipinski definition) is 2. The van der Waals surface area contributed by atoms with Crippen LogP contribution in [0.2, 0.25) is 0 Å². The third kappa shape index (κ3) is 2.30. The van der Waals surface area contributed by atoms with Crippen molar-refractivity contribution in [3.8, 4) is 0 Å². The van der Waals surface area contributed by atoms with Gasteiger partial charge in [-0.1, -0.05) is 38.1 Å². The van der Waals surface area contributed by atoms with E-state index in [-0.39, 0.29) is 11.5 Å². The number of hydrogen-bond donors (Lipinski definition) is 1. The van der Waals surface area contributed by atoms with Gasteiger partial charge in [0, 0.05) is 7.05 Å². The molecule has 4 nitrogen and oxygen atoms in total. The fourth-order valence-electron chi connectivity index (χ4n) is 2.50. The molecule has 0 aliphatic carbocycles. The highest BCUT2D eigenvalue weighted by Gasteiger charge is 2.18. The van der Waals surface area contributed by atoms with Crippen molar-refractivity contribution in [1.82, 2.24) is 9.36 Å². The van der Waals surface area contributed by atoms with Gasteiger partial charge in [0.1, 0.15) is 5.69 Å². The molecule has 1 heterocycles. The maximum absolute atomic E-state index is 12.2. The predicted octanol–water partition coefficient (Wildman–Crippen LogP) is 2.25. The molecule has 0 spiro atoms. The van der Waals surface area contributed by atoms with Gasteiger partial charge in [-0.2, -0.15) is 0 Å². The first-order valence-electron chi connectivity index (χ1n) is 6.53. The lowest BCUT2D eigenvalue weighted by Gasteiger charge is -2.13. The van der Waals surface area contributed by atoms with Gasteiger partial charge in [0.15, 0.2) is 0 Å². The van der Waals surface area contributed by atoms with Crippen LogP contribution >= 0.6 is 0 Å². The first kappa shape index (κ1) is 13.5. The molecule has 1 aromatic carbocycles. The average molecular weight is 259 g/mol. The van der Waals surface area contributed by atoms with Gasteiger partial charge in [-0.3, -0.25) is 9.48 Å². The number of rotatable bonds is 3. The van der Waals surface area contributed by atoms with Crippen LogP contribution < -0.4 is 11.3 Å². The zero-order valence-electron chi connectivity index (χ0n) is 12.0. The predicted molar refractivity (Wildman–Crippen MR) is 78.5 cm³/mol. The lowest BCUT2D eigenvalue weighted by Crippen LogP contribution is -2.23. The van der Waals surface area contributed by atoms with E-state index < -0.39 is 0 Å². The van der Waals surface area contributed by atoms with Gasteiger partial charge in [0.2, 0.25) is 0 Å². The number of aryl methyl sites for hydroxylation is 1. The minimum absolute atomic E-state index is 0.102. The number of nitrogens with two attached hydrogens (primary N) is 1. The van der Waals surface area contributed by atoms with Crippen molar-refractivity contribution < 1.29 is 0 Å². The molecule has 0 saturated carbocycles. The summed E-state index contributed by atoms with van der Waals surface area (Å²) in [5, 5.41) is 0. The minimum Gasteiger partial charge on any atom is -0.393 e. The summed E-state index contributed by atoms with van der Waals surface area (Å²) in [5.41, 5.74) is 9.43. The molecule has 0 saturated heterocycles. The maximum atomic E-state index is 12.2. The Kier molecular flexibility index (Phi) is 3.51. The molecule has 4 heteroatoms. The molecule has 0 atom stereocenters. The van der Waals surface area contributed by atoms with E-state index >= 15 is 0 Å². The summed E-state index contributed by atoms with van der Waals surface area (Å²) < 4.78 is 3.59. The molecule has 0 radical (unpaired) electrons. The molecule has 1 aromatic heterocycles. The second kappa shape index (κ2) is 4.96. The van der Waals surface area contributed by atoms with Gasteiger partial charge in [0.05, 0.1) is 12.2 Å². The van der Waals surface area contributed by atoms with E-state index in [9.17, 15) is 4.79 Å². The van der Waals surface area contributed by atoms with E-state index in [1.54, 1.807) is 4.68 Å². The van der Waals surface area contributed by atoms with Gasteiger partial charge < -0.3 is 5.73 Å². The highest BCUT2D eigenvalue weighted by Crippen LogP contribution is 2.19. The fraction of sp³-hybridized carbons (Fsp3) is 0.400. The molecule has 0 fully saturated rings. The Bertz CT molecular complexity index is 650. The highest BCUT2D eigenvalue weighted by atomic mass is 16.1. The average Bonchev–Trinajstić information content (AvgIpc) is 2.56. The largest absolute Gasteiger partial charge is 0.393 e. The Morgan fingerprint density at radius 3 is 2.42 bits per heavy atom. The van der Waals surface area contributed by atoms with Gasteiger partial charge in [-0.05, 0) is 24.0 Å². The molecule has 102 valence electrons. The van der Waals surface area contributed by atoms with Crippen LogP contribution in [0.25, 0.3) is 0 Å². The van der Waals surface area contributed by atoms with E-state index in [0.717, 1.165) is 11.3 Å². The fourth-order valence-corrected chi connectivity index (χ4v) is 2.50. The molecule has 2 aromatic rings. The number of nitrogen functional groups attached to an aromatic ring is 1. The Hall–Kier alpha value is -1.97. The highest BCUT2D eigenvalue weighted by molar-refractivity contribution is 5.43. The molecule has 0 aliphatic rings. The van der Waals surface area contributed by atoms with Crippen LogP contribution in [0.4, 0.5) is 5.69 Å². The first-order valence-corrected chi connectivity index (χ1v) is 6.53. The lowest BCUT2D eigenvalue weighted by molar-refractivity contribution is 0.508. The van der Waals surface area contributed by atoms with Gasteiger partial charge >= 0.3 is 0 Å². The van der Waals surface area contributed by atoms with Crippen LogP contribution in [0.3, 0.4) is 0 Å². The zero-order valence-corrected chi connectivity index (χ0v) is 12.0. The number of nitrogens with zero attached hydrogens (tertiary/aromatic N) is 2. The van der Waals surface area contributed by atoms with Crippen LogP contribution in [0.1, 0.15) is 36.6 Å². The summed E-state index contributed by atoms with van der Waals surface area (Å²) in [5.74, 6) is 0.232. The normalized spacial score (nSPS) is 11.2. The van der Waals surface area contributed by atoms with E-state index in [4.69, 9.17) is 5.73 Å². The van der Waals surface area contributed by atoms with Crippen LogP contribution in [0.5, 0.6) is 0 Å². The Labute approximate surface area is 113 Å². The molecule has 2 rings (SSSR count). The van der Waals surface area contributed by atoms with Crippen molar-refractivity contribution in [2.24, 2.45) is 7.05 Å². The monoisotopic (exact) mass is 259 g/mol. The molecule has 0 bridgehead atoms. The van der Waals surface area contributed by atoms with E-state index in [0.29, 0.717) is 12.2 Å². The smallest absolute Gasteiger partial charge is 0.290 e. The Balaban J connectivity index is 2.51. The van der Waals surface area contributed by atoms with Gasteiger partial charge in [-0.25, -0.2) is 4.68 Å². The minimum atomic E-state index is -0.102. The molecular weight excluding hydrogens is 238 g/mol. The van der Waals surface area contributed by atoms with Crippen molar-refractivity contribution >= 4 is 5.69 Å². The van der Waals surface area contributed by atoms with E-state index in [1.165, 1.54) is 5.56 Å². The van der Waals surface area contributed by atoms with Crippen LogP contribution in [0.15, 0.2) is 29.1 Å². The first-order chi connectivity index (χ1) is 8.93. The SMILES string of the molecule is Cc1ccccc1Cn1c(=O)c(N)c(C(C)C)n1C. The van der Waals surface area contributed by atoms with Crippen LogP contribution in [-0.2, 0) is 13.6 Å². The maximum Gasteiger partial charge on any atom is 0.290 e. The lowest BCUT2D eigenvalue weighted by atomic mass is 10.1. The van der Waals surface area contributed by atoms with Gasteiger partial charge in [-0.15, -0.1) is 0 Å². The summed E-state index contributed by atoms with van der Waals surface area (Å²) >= 11 is 0. The molecule has 0 unspecified atom stereocenters. The topological polar surface area (TPSA) is 52.9 Å². The third-order valence-corrected chi connectivity index (χ3v) is 3.58. The Morgan fingerprint density at radius 1 is 1.26 bits per heavy atom. The van der Waals surface area contributed by atoms with E-state index in [1.807, 2.05) is 43.8 Å². The number of aromatic nitrogens is 2. The summed E-state index contributed by atoms with van der Waals surface area (Å²) in [7, 11) is 1.89. The van der Waals surface area contributed by atoms with Crippen LogP contribution in [0, 0.1) is 6.92 Å². The van der Waals surface area contributed by atoms with Crippen molar-refractivity contribution in [3.05, 3.63) is 51.4 Å². The van der Waals surface area contributed by atoms with E-state index in [2.05, 4.69) is 13.0 Å². The summed E-state index contributed by atoms with van der Waals surface area (Å²) in [6.07, 6.45) is 0. The summed E-state index contributed by atoms with van der Waals surface area (Å²) in [6, 6.07) is 8.08. The molecule has 19 heavy (non-hydrogen) atoms. The zero-order chi connectivity index (χ0) is 14.2. The van der Waals surface area contributed by atoms with Crippen molar-refractivity contribution in [3.63, 3.8) is 0 Å². The molecule has 2 N–H and O–H groups in total. The summed E-state index contributed by atoms with van der Waals surface area (Å²) in [4.78, 5) is 12.2. The Morgan fingerprint density at radius 2 is 1.89 bits per heavy atom. The standard InChI is InChI=1S/C15H21N3O/c1-10(2)14-13(16)15(19)18(17(14)4)9-12-8-6-5-7-11(12)3/h5-8,10H,9,16H2,1-4H3. The van der Waals surface area contributed by atoms with Crippen molar-refractivity contribution in [2.75, 3.05) is 5.73 Å². The second-order valence-corrected chi connectivity index (χ2v) is 5.27. The molecular formula is C15H21N3O.